The molecule has 0 N–H and O–H groups in total. The molecule has 0 saturated heterocycles. The van der Waals surface area contributed by atoms with Crippen molar-refractivity contribution in [3.63, 3.8) is 0 Å². The van der Waals surface area contributed by atoms with E-state index in [4.69, 9.17) is 0 Å². The summed E-state index contributed by atoms with van der Waals surface area (Å²) < 4.78 is 32.8. The Balaban J connectivity index is 0. The third-order valence-electron chi connectivity index (χ3n) is 0.310. The second kappa shape index (κ2) is 5.20. The number of rotatable bonds is 2. The summed E-state index contributed by atoms with van der Waals surface area (Å²) in [5.74, 6) is 0. The van der Waals surface area contributed by atoms with Crippen molar-refractivity contribution in [2.75, 3.05) is 0 Å². The Bertz CT molecular complexity index is 149. The number of hydrogen-bond donors (Lipinski definition) is 0. The van der Waals surface area contributed by atoms with Crippen molar-refractivity contribution in [2.24, 2.45) is 0 Å². The number of hydrogen-bond acceptors (Lipinski definition) is 4. The van der Waals surface area contributed by atoms with Gasteiger partial charge >= 0.3 is 51.4 Å². The fourth-order valence-corrected chi connectivity index (χ4v) is 0.707. The quantitative estimate of drug-likeness (QED) is 0.255. The fraction of sp³-hybridized carbons (Fsp3) is 1.00. The van der Waals surface area contributed by atoms with E-state index in [0.29, 0.717) is 0 Å². The van der Waals surface area contributed by atoms with Gasteiger partial charge in [-0.25, -0.2) is 8.42 Å². The van der Waals surface area contributed by atoms with E-state index in [2.05, 4.69) is 4.18 Å². The van der Waals surface area contributed by atoms with Gasteiger partial charge in [0.05, 0.1) is 6.10 Å². The van der Waals surface area contributed by atoms with Crippen molar-refractivity contribution >= 4 is 10.4 Å². The summed E-state index contributed by atoms with van der Waals surface area (Å²) in [5.41, 5.74) is 0. The van der Waals surface area contributed by atoms with Gasteiger partial charge in [-0.3, -0.25) is 4.18 Å². The first-order chi connectivity index (χ1) is 3.42. The maximum Gasteiger partial charge on any atom is 1.00 e. The molecule has 6 heteroatoms. The first kappa shape index (κ1) is 13.1. The first-order valence-electron chi connectivity index (χ1n) is 2.06. The molecule has 9 heavy (non-hydrogen) atoms. The molecule has 0 aromatic heterocycles. The van der Waals surface area contributed by atoms with E-state index in [1.165, 1.54) is 13.8 Å². The molecule has 0 radical (unpaired) electrons. The summed E-state index contributed by atoms with van der Waals surface area (Å²) >= 11 is 0. The predicted octanol–water partition coefficient (Wildman–Crippen LogP) is -3.12. The Labute approximate surface area is 97.3 Å². The van der Waals surface area contributed by atoms with Crippen LogP contribution in [-0.4, -0.2) is 19.1 Å². The first-order valence-corrected chi connectivity index (χ1v) is 3.39. The van der Waals surface area contributed by atoms with Crippen molar-refractivity contribution in [3.05, 3.63) is 0 Å². The molecule has 0 amide bonds. The van der Waals surface area contributed by atoms with Crippen LogP contribution < -0.4 is 51.4 Å². The van der Waals surface area contributed by atoms with Gasteiger partial charge in [0.15, 0.2) is 0 Å². The molecule has 0 heterocycles. The van der Waals surface area contributed by atoms with E-state index in [0.717, 1.165) is 0 Å². The molecule has 0 spiro atoms. The molecule has 0 rings (SSSR count). The summed E-state index contributed by atoms with van der Waals surface area (Å²) in [5, 5.41) is 0. The van der Waals surface area contributed by atoms with Gasteiger partial charge < -0.3 is 4.55 Å². The Morgan fingerprint density at radius 2 is 1.78 bits per heavy atom. The van der Waals surface area contributed by atoms with Crippen LogP contribution in [0.2, 0.25) is 0 Å². The zero-order valence-corrected chi connectivity index (χ0v) is 9.56. The van der Waals surface area contributed by atoms with E-state index in [1.54, 1.807) is 0 Å². The molecule has 0 aliphatic heterocycles. The molecule has 0 unspecified atom stereocenters. The average Bonchev–Trinajstić information content (AvgIpc) is 1.21. The molecule has 0 aromatic rings. The van der Waals surface area contributed by atoms with Crippen LogP contribution >= 0.6 is 0 Å². The van der Waals surface area contributed by atoms with E-state index in [1.807, 2.05) is 0 Å². The van der Waals surface area contributed by atoms with Crippen LogP contribution in [0.4, 0.5) is 0 Å². The summed E-state index contributed by atoms with van der Waals surface area (Å²) in [6, 6.07) is 0. The summed E-state index contributed by atoms with van der Waals surface area (Å²) in [6.07, 6.45) is -0.558. The Morgan fingerprint density at radius 1 is 1.44 bits per heavy atom. The summed E-state index contributed by atoms with van der Waals surface area (Å²) in [4.78, 5) is 0. The molecule has 4 nitrogen and oxygen atoms in total. The molecule has 0 bridgehead atoms. The van der Waals surface area contributed by atoms with Gasteiger partial charge in [-0.05, 0) is 13.8 Å². The second-order valence-electron chi connectivity index (χ2n) is 1.55. The second-order valence-corrected chi connectivity index (χ2v) is 2.56. The van der Waals surface area contributed by atoms with Gasteiger partial charge in [-0.1, -0.05) is 0 Å². The van der Waals surface area contributed by atoms with Crippen LogP contribution in [0.5, 0.6) is 0 Å². The third-order valence-corrected chi connectivity index (χ3v) is 0.931. The molecule has 0 fully saturated rings. The predicted molar refractivity (Wildman–Crippen MR) is 25.9 cm³/mol. The van der Waals surface area contributed by atoms with Crippen LogP contribution in [0.25, 0.3) is 0 Å². The Kier molecular flexibility index (Phi) is 7.57. The van der Waals surface area contributed by atoms with Crippen molar-refractivity contribution in [1.29, 1.82) is 0 Å². The summed E-state index contributed by atoms with van der Waals surface area (Å²) in [6.45, 7) is 2.94. The van der Waals surface area contributed by atoms with Gasteiger partial charge in [0.2, 0.25) is 10.4 Å². The molecule has 0 atom stereocenters. The van der Waals surface area contributed by atoms with Gasteiger partial charge in [0.25, 0.3) is 0 Å². The van der Waals surface area contributed by atoms with Gasteiger partial charge in [-0.2, -0.15) is 0 Å². The fourth-order valence-electron chi connectivity index (χ4n) is 0.236. The van der Waals surface area contributed by atoms with Gasteiger partial charge in [0, 0.05) is 0 Å². The maximum atomic E-state index is 9.66. The third kappa shape index (κ3) is 12.7. The van der Waals surface area contributed by atoms with Crippen molar-refractivity contribution in [1.82, 2.24) is 0 Å². The Hall–Kier alpha value is 1.51. The standard InChI is InChI=1S/C3H8O4S.K/c1-3(2)7-8(4,5)6;/h3H,1-2H3,(H,4,5,6);/q;+1/p-1. The molecule has 0 saturated carbocycles. The summed E-state index contributed by atoms with van der Waals surface area (Å²) in [7, 11) is -4.47. The van der Waals surface area contributed by atoms with Crippen LogP contribution in [0.3, 0.4) is 0 Å². The SMILES string of the molecule is CC(C)OS(=O)(=O)[O-].[K+]. The van der Waals surface area contributed by atoms with Crippen LogP contribution in [0, 0.1) is 0 Å². The molecule has 0 aliphatic rings. The average molecular weight is 178 g/mol. The van der Waals surface area contributed by atoms with Crippen LogP contribution in [0.1, 0.15) is 13.8 Å². The minimum atomic E-state index is -4.47. The monoisotopic (exact) mass is 178 g/mol. The zero-order valence-electron chi connectivity index (χ0n) is 5.62. The minimum Gasteiger partial charge on any atom is -0.726 e. The largest absolute Gasteiger partial charge is 1.00 e. The smallest absolute Gasteiger partial charge is 0.726 e. The van der Waals surface area contributed by atoms with Crippen LogP contribution in [-0.2, 0) is 14.6 Å². The van der Waals surface area contributed by atoms with Crippen LogP contribution in [0.15, 0.2) is 0 Å². The van der Waals surface area contributed by atoms with Crippen molar-refractivity contribution in [2.45, 2.75) is 20.0 Å². The minimum absolute atomic E-state index is 0. The molecule has 50 valence electrons. The normalized spacial score (nSPS) is 11.1. The molecule has 0 aromatic carbocycles. The van der Waals surface area contributed by atoms with E-state index >= 15 is 0 Å². The van der Waals surface area contributed by atoms with Crippen molar-refractivity contribution < 1.29 is 68.5 Å². The maximum absolute atomic E-state index is 9.66. The molecule has 0 aliphatic carbocycles. The molecular formula is C3H7KO4S. The molecular weight excluding hydrogens is 171 g/mol. The van der Waals surface area contributed by atoms with E-state index in [-0.39, 0.29) is 51.4 Å². The van der Waals surface area contributed by atoms with E-state index in [9.17, 15) is 13.0 Å². The zero-order chi connectivity index (χ0) is 6.78. The Morgan fingerprint density at radius 3 is 1.78 bits per heavy atom. The van der Waals surface area contributed by atoms with Crippen molar-refractivity contribution in [3.8, 4) is 0 Å². The van der Waals surface area contributed by atoms with Gasteiger partial charge in [0.1, 0.15) is 0 Å². The van der Waals surface area contributed by atoms with Gasteiger partial charge in [-0.15, -0.1) is 0 Å². The van der Waals surface area contributed by atoms with E-state index < -0.39 is 16.5 Å². The topological polar surface area (TPSA) is 66.4 Å².